The number of hydrogen-bond acceptors (Lipinski definition) is 4. The molecule has 62 heavy (non-hydrogen) atoms. The van der Waals surface area contributed by atoms with Crippen LogP contribution in [-0.2, 0) is 10.8 Å². The molecule has 14 rings (SSSR count). The zero-order valence-corrected chi connectivity index (χ0v) is 37.9. The van der Waals surface area contributed by atoms with Crippen molar-refractivity contribution in [2.45, 2.75) is 52.4 Å². The summed E-state index contributed by atoms with van der Waals surface area (Å²) in [5.74, 6) is 0. The third-order valence-electron chi connectivity index (χ3n) is 14.0. The van der Waals surface area contributed by atoms with Crippen LogP contribution in [0.25, 0.3) is 99.1 Å². The fraction of sp³-hybridized carbons (Fsp3) is 0.143. The van der Waals surface area contributed by atoms with Gasteiger partial charge in [-0.15, -0.1) is 34.0 Å². The van der Waals surface area contributed by atoms with Crippen molar-refractivity contribution < 1.29 is 0 Å². The largest absolute Gasteiger partial charge is 0.375 e. The van der Waals surface area contributed by atoms with Gasteiger partial charge in [-0.05, 0) is 93.0 Å². The zero-order valence-electron chi connectivity index (χ0n) is 35.5. The molecule has 0 amide bonds. The summed E-state index contributed by atoms with van der Waals surface area (Å²) in [5.41, 5.74) is 14.7. The molecule has 0 unspecified atom stereocenters. The lowest BCUT2D eigenvalue weighted by molar-refractivity contribution is 0.590. The average Bonchev–Trinajstić information content (AvgIpc) is 4.03. The fourth-order valence-corrected chi connectivity index (χ4v) is 14.7. The van der Waals surface area contributed by atoms with Gasteiger partial charge in [0.05, 0.1) is 21.4 Å². The van der Waals surface area contributed by atoms with E-state index in [0.717, 1.165) is 0 Å². The van der Waals surface area contributed by atoms with Gasteiger partial charge < -0.3 is 9.38 Å². The van der Waals surface area contributed by atoms with E-state index in [0.29, 0.717) is 0 Å². The van der Waals surface area contributed by atoms with Gasteiger partial charge in [-0.1, -0.05) is 126 Å². The number of hydrogen-bond donors (Lipinski definition) is 0. The van der Waals surface area contributed by atoms with E-state index >= 15 is 0 Å². The van der Waals surface area contributed by atoms with Crippen molar-refractivity contribution >= 4 is 145 Å². The van der Waals surface area contributed by atoms with Crippen LogP contribution in [-0.4, -0.2) is 11.4 Å². The van der Waals surface area contributed by atoms with Gasteiger partial charge in [0.25, 0.3) is 0 Å². The van der Waals surface area contributed by atoms with Crippen LogP contribution in [0.4, 0.5) is 11.4 Å². The highest BCUT2D eigenvalue weighted by Gasteiger charge is 2.46. The molecule has 0 bridgehead atoms. The lowest BCUT2D eigenvalue weighted by atomic mass is 9.43. The Balaban J connectivity index is 1.25. The fourth-order valence-electron chi connectivity index (χ4n) is 11.1. The van der Waals surface area contributed by atoms with Gasteiger partial charge in [-0.3, -0.25) is 0 Å². The summed E-state index contributed by atoms with van der Waals surface area (Å²) in [4.78, 5) is 2.78. The highest BCUT2D eigenvalue weighted by Crippen LogP contribution is 2.54. The first-order valence-corrected chi connectivity index (χ1v) is 24.2. The summed E-state index contributed by atoms with van der Waals surface area (Å²) in [6, 6.07) is 54.1. The van der Waals surface area contributed by atoms with Gasteiger partial charge in [0.15, 0.2) is 0 Å². The van der Waals surface area contributed by atoms with E-state index in [1.807, 2.05) is 34.0 Å². The van der Waals surface area contributed by atoms with Crippen molar-refractivity contribution in [3.8, 4) is 16.8 Å². The second kappa shape index (κ2) is 12.0. The second-order valence-corrected chi connectivity index (χ2v) is 22.8. The minimum atomic E-state index is -0.0816. The molecular weight excluding hydrogens is 808 g/mol. The molecule has 6 heteroatoms. The predicted molar refractivity (Wildman–Crippen MR) is 276 cm³/mol. The average molecular weight is 849 g/mol. The van der Waals surface area contributed by atoms with Gasteiger partial charge >= 0.3 is 6.85 Å². The Kier molecular flexibility index (Phi) is 6.88. The van der Waals surface area contributed by atoms with Crippen LogP contribution in [0.5, 0.6) is 0 Å². The molecule has 12 aromatic rings. The van der Waals surface area contributed by atoms with Gasteiger partial charge in [-0.25, -0.2) is 0 Å². The summed E-state index contributed by atoms with van der Waals surface area (Å²) < 4.78 is 10.8. The molecular formula is C56H41BN2S3. The number of rotatable bonds is 1. The molecule has 0 radical (unpaired) electrons. The number of fused-ring (bicyclic) bond motifs is 18. The van der Waals surface area contributed by atoms with E-state index in [1.165, 1.54) is 133 Å². The third-order valence-corrected chi connectivity index (χ3v) is 17.6. The van der Waals surface area contributed by atoms with Gasteiger partial charge in [0.2, 0.25) is 0 Å². The standard InChI is InChI=1S/C56H41BN2S3/c1-55(2,3)30-22-24-41-37(26-30)38-27-31(56(4,5)6)28-40-51(38)58(41)52-49-36-16-9-12-21-46(36)60-47(49)29-39-48-42(25-23-35-33-15-8-11-20-45(33)62-54(35)48)59(57(40)50(39)52)43-18-13-17-34-32-14-7-10-19-44(32)61-53(34)43/h7-29H,1-6H3. The number of benzene rings is 8. The normalized spacial score (nSPS) is 13.9. The molecule has 0 saturated heterocycles. The molecule has 0 fully saturated rings. The quantitative estimate of drug-likeness (QED) is 0.149. The lowest BCUT2D eigenvalue weighted by Crippen LogP contribution is -2.60. The molecule has 296 valence electrons. The summed E-state index contributed by atoms with van der Waals surface area (Å²) in [6.07, 6.45) is 0. The van der Waals surface area contributed by atoms with E-state index in [2.05, 4.69) is 190 Å². The minimum Gasteiger partial charge on any atom is -0.375 e. The van der Waals surface area contributed by atoms with Crippen LogP contribution >= 0.6 is 34.0 Å². The molecule has 2 aliphatic rings. The molecule has 0 spiro atoms. The Morgan fingerprint density at radius 2 is 1.10 bits per heavy atom. The first-order chi connectivity index (χ1) is 30.0. The van der Waals surface area contributed by atoms with Crippen LogP contribution in [0.3, 0.4) is 0 Å². The Labute approximate surface area is 372 Å². The SMILES string of the molecule is CC(C)(C)c1ccc2c(c1)c1cc(C(C)(C)C)cc3c1n2-c1c2c(cc4sc5ccccc5c14)-c1c(ccc4c1sc1ccccc14)N(c1cccc4c1sc1ccccc14)B23. The smallest absolute Gasteiger partial charge is 0.333 e. The predicted octanol–water partition coefficient (Wildman–Crippen LogP) is 15.7. The van der Waals surface area contributed by atoms with E-state index in [9.17, 15) is 0 Å². The second-order valence-electron chi connectivity index (χ2n) is 19.6. The molecule has 0 aliphatic carbocycles. The van der Waals surface area contributed by atoms with Crippen molar-refractivity contribution in [2.75, 3.05) is 4.81 Å². The van der Waals surface area contributed by atoms with Gasteiger partial charge in [0, 0.05) is 83.5 Å². The molecule has 2 aliphatic heterocycles. The molecule has 0 atom stereocenters. The first-order valence-electron chi connectivity index (χ1n) is 21.8. The van der Waals surface area contributed by atoms with Crippen LogP contribution in [0.1, 0.15) is 52.7 Å². The Morgan fingerprint density at radius 1 is 0.468 bits per heavy atom. The maximum absolute atomic E-state index is 2.78. The minimum absolute atomic E-state index is 0.0115. The summed E-state index contributed by atoms with van der Waals surface area (Å²) in [6.45, 7) is 14.1. The van der Waals surface area contributed by atoms with Crippen molar-refractivity contribution in [3.05, 3.63) is 151 Å². The van der Waals surface area contributed by atoms with E-state index in [1.54, 1.807) is 0 Å². The zero-order chi connectivity index (χ0) is 41.6. The van der Waals surface area contributed by atoms with Gasteiger partial charge in [0.1, 0.15) is 0 Å². The van der Waals surface area contributed by atoms with Crippen molar-refractivity contribution in [1.29, 1.82) is 0 Å². The van der Waals surface area contributed by atoms with Crippen LogP contribution < -0.4 is 15.7 Å². The maximum Gasteiger partial charge on any atom is 0.333 e. The molecule has 0 saturated carbocycles. The monoisotopic (exact) mass is 848 g/mol. The Morgan fingerprint density at radius 3 is 1.82 bits per heavy atom. The number of nitrogens with zero attached hydrogens (tertiary/aromatic N) is 2. The lowest BCUT2D eigenvalue weighted by Gasteiger charge is -2.43. The molecule has 8 aromatic carbocycles. The van der Waals surface area contributed by atoms with Crippen LogP contribution in [0.15, 0.2) is 140 Å². The molecule has 0 N–H and O–H groups in total. The number of anilines is 2. The van der Waals surface area contributed by atoms with Gasteiger partial charge in [-0.2, -0.15) is 0 Å². The summed E-state index contributed by atoms with van der Waals surface area (Å²) >= 11 is 5.83. The van der Waals surface area contributed by atoms with E-state index in [4.69, 9.17) is 0 Å². The summed E-state index contributed by atoms with van der Waals surface area (Å²) in [7, 11) is 0. The first kappa shape index (κ1) is 35.7. The van der Waals surface area contributed by atoms with E-state index < -0.39 is 0 Å². The van der Waals surface area contributed by atoms with Crippen LogP contribution in [0.2, 0.25) is 0 Å². The van der Waals surface area contributed by atoms with Crippen LogP contribution in [0, 0.1) is 0 Å². The molecule has 6 heterocycles. The molecule has 2 nitrogen and oxygen atoms in total. The highest BCUT2D eigenvalue weighted by atomic mass is 32.1. The highest BCUT2D eigenvalue weighted by molar-refractivity contribution is 7.27. The van der Waals surface area contributed by atoms with Crippen molar-refractivity contribution in [3.63, 3.8) is 0 Å². The Bertz CT molecular complexity index is 3970. The van der Waals surface area contributed by atoms with E-state index in [-0.39, 0.29) is 17.7 Å². The Hall–Kier alpha value is -5.92. The summed E-state index contributed by atoms with van der Waals surface area (Å²) in [5, 5.41) is 10.7. The topological polar surface area (TPSA) is 8.17 Å². The van der Waals surface area contributed by atoms with Crippen molar-refractivity contribution in [2.24, 2.45) is 0 Å². The third kappa shape index (κ3) is 4.55. The molecule has 4 aromatic heterocycles. The maximum atomic E-state index is 2.78. The van der Waals surface area contributed by atoms with Crippen molar-refractivity contribution in [1.82, 2.24) is 4.57 Å². The number of thiophene rings is 3. The number of aromatic nitrogens is 1.